The van der Waals surface area contributed by atoms with E-state index in [4.69, 9.17) is 14.6 Å². The predicted molar refractivity (Wildman–Crippen MR) is 181 cm³/mol. The van der Waals surface area contributed by atoms with Gasteiger partial charge >= 0.3 is 24.1 Å². The van der Waals surface area contributed by atoms with Crippen molar-refractivity contribution < 1.29 is 60.4 Å². The molecule has 0 aliphatic carbocycles. The second-order valence-electron chi connectivity index (χ2n) is 15.0. The Morgan fingerprint density at radius 2 is 0.959 bits per heavy atom. The molecule has 1 rings (SSSR count). The lowest BCUT2D eigenvalue weighted by Gasteiger charge is -2.27. The maximum atomic E-state index is 13.8. The molecule has 1 N–H and O–H groups in total. The van der Waals surface area contributed by atoms with Crippen LogP contribution >= 0.6 is 0 Å². The number of rotatable bonds is 15. The van der Waals surface area contributed by atoms with Crippen molar-refractivity contribution in [2.45, 2.75) is 104 Å². The summed E-state index contributed by atoms with van der Waals surface area (Å²) in [4.78, 5) is 49.8. The van der Waals surface area contributed by atoms with Gasteiger partial charge in [0.05, 0.1) is 13.2 Å². The molecule has 0 bridgehead atoms. The lowest BCUT2D eigenvalue weighted by atomic mass is 10.0. The Morgan fingerprint density at radius 3 is 1.29 bits per heavy atom. The predicted octanol–water partition coefficient (Wildman–Crippen LogP) is 8.00. The summed E-state index contributed by atoms with van der Waals surface area (Å²) in [6.07, 6.45) is -0.984. The topological polar surface area (TPSA) is 123 Å². The monoisotopic (exact) mass is 744 g/mol. The molecule has 1 aromatic rings. The molecular weight excluding hydrogens is 692 g/mol. The van der Waals surface area contributed by atoms with Crippen molar-refractivity contribution in [3.63, 3.8) is 0 Å². The molecule has 1 aromatic carbocycles. The van der Waals surface area contributed by atoms with Crippen LogP contribution in [-0.4, -0.2) is 94.6 Å². The first-order valence-electron chi connectivity index (χ1n) is 16.0. The first-order chi connectivity index (χ1) is 22.2. The molecule has 2 atom stereocenters. The Labute approximate surface area is 288 Å². The third-order valence-electron chi connectivity index (χ3n) is 6.98. The SMILES string of the molecule is CC(C)C[C@@H](C(=O)O)N(C)C(=O)OCC[Si](C)(C)C.CC(C)C[C@@H](C(=O)Oc1c(F)c(F)c(F)c(F)c1F)N(C)C(=O)OCC[Si](C)(C)C. The van der Waals surface area contributed by atoms with Crippen molar-refractivity contribution in [1.29, 1.82) is 0 Å². The number of hydrogen-bond acceptors (Lipinski definition) is 7. The summed E-state index contributed by atoms with van der Waals surface area (Å²) < 4.78 is 82.3. The molecule has 0 saturated heterocycles. The molecule has 0 aliphatic rings. The summed E-state index contributed by atoms with van der Waals surface area (Å²) in [5, 5.41) is 9.15. The fourth-order valence-electron chi connectivity index (χ4n) is 3.92. The number of amides is 2. The molecule has 0 unspecified atom stereocenters. The van der Waals surface area contributed by atoms with Crippen LogP contribution in [0.15, 0.2) is 0 Å². The Hall–Kier alpha value is -3.22. The van der Waals surface area contributed by atoms with Gasteiger partial charge in [-0.2, -0.15) is 8.78 Å². The van der Waals surface area contributed by atoms with Crippen LogP contribution in [0.4, 0.5) is 31.5 Å². The quantitative estimate of drug-likeness (QED) is 0.0479. The highest BCUT2D eigenvalue weighted by atomic mass is 28.3. The molecule has 10 nitrogen and oxygen atoms in total. The Balaban J connectivity index is 0.00000105. The first-order valence-corrected chi connectivity index (χ1v) is 23.4. The van der Waals surface area contributed by atoms with Gasteiger partial charge in [-0.25, -0.2) is 32.3 Å². The largest absolute Gasteiger partial charge is 0.480 e. The van der Waals surface area contributed by atoms with Crippen LogP contribution in [0.3, 0.4) is 0 Å². The van der Waals surface area contributed by atoms with Gasteiger partial charge in [0.2, 0.25) is 34.8 Å². The molecule has 0 saturated carbocycles. The van der Waals surface area contributed by atoms with E-state index >= 15 is 0 Å². The summed E-state index contributed by atoms with van der Waals surface area (Å²) in [7, 11) is -0.0215. The number of carbonyl (C=O) groups is 4. The summed E-state index contributed by atoms with van der Waals surface area (Å²) in [5.74, 6) is -15.4. The van der Waals surface area contributed by atoms with Crippen LogP contribution in [-0.2, 0) is 19.1 Å². The van der Waals surface area contributed by atoms with E-state index in [9.17, 15) is 41.1 Å². The number of carboxylic acids is 1. The van der Waals surface area contributed by atoms with E-state index in [0.717, 1.165) is 10.9 Å². The highest BCUT2D eigenvalue weighted by Crippen LogP contribution is 2.30. The van der Waals surface area contributed by atoms with Gasteiger partial charge in [-0.3, -0.25) is 9.80 Å². The van der Waals surface area contributed by atoms with Gasteiger partial charge < -0.3 is 19.3 Å². The zero-order valence-corrected chi connectivity index (χ0v) is 32.6. The molecule has 0 fully saturated rings. The highest BCUT2D eigenvalue weighted by molar-refractivity contribution is 6.76. The number of esters is 1. The summed E-state index contributed by atoms with van der Waals surface area (Å²) in [6.45, 7) is 20.6. The molecule has 282 valence electrons. The van der Waals surface area contributed by atoms with E-state index in [1.165, 1.54) is 19.0 Å². The number of likely N-dealkylation sites (N-methyl/N-ethyl adjacent to an activating group) is 2. The second kappa shape index (κ2) is 19.8. The van der Waals surface area contributed by atoms with Crippen LogP contribution < -0.4 is 4.74 Å². The van der Waals surface area contributed by atoms with Crippen LogP contribution in [0, 0.1) is 40.9 Å². The number of halogens is 5. The summed E-state index contributed by atoms with van der Waals surface area (Å²) >= 11 is 0. The zero-order valence-electron chi connectivity index (χ0n) is 30.6. The minimum atomic E-state index is -2.37. The van der Waals surface area contributed by atoms with Gasteiger partial charge in [0.25, 0.3) is 0 Å². The van der Waals surface area contributed by atoms with Gasteiger partial charge in [-0.15, -0.1) is 0 Å². The smallest absolute Gasteiger partial charge is 0.410 e. The molecular formula is C32H53F5N2O8Si2. The molecule has 0 aromatic heterocycles. The van der Waals surface area contributed by atoms with E-state index in [2.05, 4.69) is 44.0 Å². The zero-order chi connectivity index (χ0) is 38.6. The summed E-state index contributed by atoms with van der Waals surface area (Å²) in [6, 6.07) is -0.621. The molecule has 0 aliphatic heterocycles. The van der Waals surface area contributed by atoms with Crippen LogP contribution in [0.1, 0.15) is 40.5 Å². The molecule has 0 radical (unpaired) electrons. The van der Waals surface area contributed by atoms with Crippen molar-refractivity contribution in [2.75, 3.05) is 27.3 Å². The normalized spacial score (nSPS) is 12.9. The van der Waals surface area contributed by atoms with Crippen molar-refractivity contribution >= 4 is 40.3 Å². The van der Waals surface area contributed by atoms with Gasteiger partial charge in [-0.1, -0.05) is 67.0 Å². The Morgan fingerprint density at radius 1 is 0.633 bits per heavy atom. The third-order valence-corrected chi connectivity index (χ3v) is 10.4. The van der Waals surface area contributed by atoms with Crippen molar-refractivity contribution in [3.05, 3.63) is 29.1 Å². The van der Waals surface area contributed by atoms with E-state index in [-0.39, 0.29) is 24.9 Å². The van der Waals surface area contributed by atoms with E-state index < -0.39 is 87.2 Å². The number of aliphatic carboxylic acids is 1. The number of hydrogen-bond donors (Lipinski definition) is 1. The van der Waals surface area contributed by atoms with E-state index in [0.29, 0.717) is 19.1 Å². The molecule has 2 amide bonds. The van der Waals surface area contributed by atoms with E-state index in [1.54, 1.807) is 13.8 Å². The number of ether oxygens (including phenoxy) is 3. The lowest BCUT2D eigenvalue weighted by molar-refractivity contribution is -0.143. The van der Waals surface area contributed by atoms with E-state index in [1.807, 2.05) is 13.8 Å². The first kappa shape index (κ1) is 45.8. The average Bonchev–Trinajstić information content (AvgIpc) is 2.96. The number of carbonyl (C=O) groups excluding carboxylic acids is 3. The maximum absolute atomic E-state index is 13.8. The minimum absolute atomic E-state index is 0.00779. The van der Waals surface area contributed by atoms with Gasteiger partial charge in [-0.05, 0) is 36.8 Å². The number of nitrogens with zero attached hydrogens (tertiary/aromatic N) is 2. The van der Waals surface area contributed by atoms with Crippen LogP contribution in [0.5, 0.6) is 5.75 Å². The molecule has 49 heavy (non-hydrogen) atoms. The molecule has 17 heteroatoms. The minimum Gasteiger partial charge on any atom is -0.480 e. The van der Waals surface area contributed by atoms with Crippen molar-refractivity contribution in [1.82, 2.24) is 9.80 Å². The Kier molecular flexibility index (Phi) is 18.5. The third kappa shape index (κ3) is 16.4. The average molecular weight is 745 g/mol. The highest BCUT2D eigenvalue weighted by Gasteiger charge is 2.35. The molecule has 0 heterocycles. The van der Waals surface area contributed by atoms with Gasteiger partial charge in [0.1, 0.15) is 12.1 Å². The van der Waals surface area contributed by atoms with Gasteiger partial charge in [0.15, 0.2) is 0 Å². The lowest BCUT2D eigenvalue weighted by Crippen LogP contribution is -2.45. The fraction of sp³-hybridized carbons (Fsp3) is 0.688. The summed E-state index contributed by atoms with van der Waals surface area (Å²) in [5.41, 5.74) is 0. The van der Waals surface area contributed by atoms with Gasteiger partial charge in [0, 0.05) is 30.2 Å². The Bertz CT molecular complexity index is 1260. The maximum Gasteiger partial charge on any atom is 0.410 e. The van der Waals surface area contributed by atoms with Crippen molar-refractivity contribution in [2.24, 2.45) is 11.8 Å². The van der Waals surface area contributed by atoms with Crippen LogP contribution in [0.2, 0.25) is 51.4 Å². The number of benzene rings is 1. The van der Waals surface area contributed by atoms with Crippen LogP contribution in [0.25, 0.3) is 0 Å². The fourth-order valence-corrected chi connectivity index (χ4v) is 5.35. The second-order valence-corrected chi connectivity index (χ2v) is 26.3. The standard InChI is InChI=1S/C19H26F5NO4Si.C13H27NO4Si/c1-10(2)9-11(25(3)19(27)28-7-8-30(4,5)6)18(26)29-17-15(23)13(21)12(20)14(22)16(17)24;1-10(2)9-11(12(15)16)14(3)13(17)18-7-8-19(4,5)6/h10-11H,7-9H2,1-6H3;10-11H,7-9H2,1-6H3,(H,15,16)/t2*11-/m00/s1. The number of carboxylic acid groups (broad SMARTS) is 1. The van der Waals surface area contributed by atoms with Crippen molar-refractivity contribution in [3.8, 4) is 5.75 Å². The molecule has 0 spiro atoms.